The minimum absolute atomic E-state index is 0.283. The smallest absolute Gasteiger partial charge is 0.142 e. The van der Waals surface area contributed by atoms with Crippen molar-refractivity contribution in [2.75, 3.05) is 0 Å². The second-order valence-corrected chi connectivity index (χ2v) is 8.93. The fourth-order valence-electron chi connectivity index (χ4n) is 6.81. The number of fused-ring (bicyclic) bond motifs is 3. The van der Waals surface area contributed by atoms with Gasteiger partial charge in [-0.1, -0.05) is 39.7 Å². The Hall–Kier alpha value is -0.590. The van der Waals surface area contributed by atoms with Crippen LogP contribution in [0, 0.1) is 34.5 Å². The molecule has 0 aromatic carbocycles. The van der Waals surface area contributed by atoms with Crippen molar-refractivity contribution in [3.8, 4) is 0 Å². The second kappa shape index (κ2) is 5.80. The fourth-order valence-corrected chi connectivity index (χ4v) is 6.81. The zero-order valence-electron chi connectivity index (χ0n) is 15.0. The number of carbonyl (C=O) groups is 1. The van der Waals surface area contributed by atoms with E-state index in [1.54, 1.807) is 0 Å². The standard InChI is InChI=1S/C21H34O/c1-5-12-21(4)16(11-14-22)7-8-17-18-9-6-15(2)20(18,3)13-10-19(17)21/h11,14-15,17-19H,5-10,12-13H2,1-4H3/b16-11-. The summed E-state index contributed by atoms with van der Waals surface area (Å²) in [5.41, 5.74) is 2.34. The molecule has 124 valence electrons. The number of rotatable bonds is 3. The van der Waals surface area contributed by atoms with Crippen molar-refractivity contribution in [2.45, 2.75) is 79.1 Å². The van der Waals surface area contributed by atoms with Crippen LogP contribution >= 0.6 is 0 Å². The van der Waals surface area contributed by atoms with E-state index in [9.17, 15) is 4.79 Å². The molecule has 3 rings (SSSR count). The average Bonchev–Trinajstić information content (AvgIpc) is 2.79. The van der Waals surface area contributed by atoms with Crippen LogP contribution in [0.3, 0.4) is 0 Å². The van der Waals surface area contributed by atoms with Crippen LogP contribution < -0.4 is 0 Å². The monoisotopic (exact) mass is 302 g/mol. The highest BCUT2D eigenvalue weighted by atomic mass is 16.1. The van der Waals surface area contributed by atoms with Crippen LogP contribution in [0.25, 0.3) is 0 Å². The highest BCUT2D eigenvalue weighted by Gasteiger charge is 2.57. The van der Waals surface area contributed by atoms with Crippen molar-refractivity contribution in [2.24, 2.45) is 34.5 Å². The molecule has 0 bridgehead atoms. The summed E-state index contributed by atoms with van der Waals surface area (Å²) in [6, 6.07) is 0. The Morgan fingerprint density at radius 2 is 1.91 bits per heavy atom. The Morgan fingerprint density at radius 3 is 2.59 bits per heavy atom. The molecular formula is C21H34O. The van der Waals surface area contributed by atoms with E-state index in [-0.39, 0.29) is 5.41 Å². The molecule has 0 amide bonds. The van der Waals surface area contributed by atoms with Gasteiger partial charge in [-0.25, -0.2) is 0 Å². The maximum Gasteiger partial charge on any atom is 0.142 e. The summed E-state index contributed by atoms with van der Waals surface area (Å²) in [5.74, 6) is 3.57. The van der Waals surface area contributed by atoms with Gasteiger partial charge >= 0.3 is 0 Å². The summed E-state index contributed by atoms with van der Waals surface area (Å²) in [4.78, 5) is 11.1. The van der Waals surface area contributed by atoms with Crippen molar-refractivity contribution in [1.82, 2.24) is 0 Å². The number of carbonyl (C=O) groups excluding carboxylic acids is 1. The molecule has 3 aliphatic carbocycles. The molecule has 1 heteroatoms. The minimum Gasteiger partial charge on any atom is -0.299 e. The van der Waals surface area contributed by atoms with E-state index in [1.165, 1.54) is 50.5 Å². The summed E-state index contributed by atoms with van der Waals surface area (Å²) in [5, 5.41) is 0. The molecular weight excluding hydrogens is 268 g/mol. The maximum atomic E-state index is 11.1. The molecule has 6 unspecified atom stereocenters. The normalized spacial score (nSPS) is 49.7. The molecule has 0 N–H and O–H groups in total. The van der Waals surface area contributed by atoms with Gasteiger partial charge in [0.25, 0.3) is 0 Å². The van der Waals surface area contributed by atoms with E-state index < -0.39 is 0 Å². The molecule has 22 heavy (non-hydrogen) atoms. The molecule has 0 radical (unpaired) electrons. The van der Waals surface area contributed by atoms with Gasteiger partial charge in [0.05, 0.1) is 0 Å². The lowest BCUT2D eigenvalue weighted by atomic mass is 9.47. The quantitative estimate of drug-likeness (QED) is 0.476. The molecule has 6 atom stereocenters. The predicted molar refractivity (Wildman–Crippen MR) is 92.6 cm³/mol. The molecule has 0 aromatic heterocycles. The van der Waals surface area contributed by atoms with Gasteiger partial charge in [-0.15, -0.1) is 0 Å². The van der Waals surface area contributed by atoms with Crippen LogP contribution in [0.2, 0.25) is 0 Å². The Bertz CT molecular complexity index is 465. The Labute approximate surface area is 136 Å². The summed E-state index contributed by atoms with van der Waals surface area (Å²) in [6.07, 6.45) is 13.6. The van der Waals surface area contributed by atoms with Gasteiger partial charge in [0, 0.05) is 0 Å². The molecule has 3 aliphatic rings. The topological polar surface area (TPSA) is 17.1 Å². The molecule has 0 saturated heterocycles. The lowest BCUT2D eigenvalue weighted by molar-refractivity contribution is -0.104. The van der Waals surface area contributed by atoms with Gasteiger partial charge in [-0.2, -0.15) is 0 Å². The van der Waals surface area contributed by atoms with E-state index in [2.05, 4.69) is 27.7 Å². The van der Waals surface area contributed by atoms with Crippen LogP contribution in [0.4, 0.5) is 0 Å². The first kappa shape index (κ1) is 16.3. The third-order valence-corrected chi connectivity index (χ3v) is 8.25. The average molecular weight is 303 g/mol. The molecule has 1 nitrogen and oxygen atoms in total. The Morgan fingerprint density at radius 1 is 1.14 bits per heavy atom. The minimum atomic E-state index is 0.283. The van der Waals surface area contributed by atoms with Gasteiger partial charge in [-0.3, -0.25) is 4.79 Å². The summed E-state index contributed by atoms with van der Waals surface area (Å²) in [6.45, 7) is 9.85. The molecule has 3 saturated carbocycles. The lowest BCUT2D eigenvalue weighted by Gasteiger charge is -2.57. The van der Waals surface area contributed by atoms with Crippen LogP contribution in [0.15, 0.2) is 11.6 Å². The Kier molecular flexibility index (Phi) is 4.29. The van der Waals surface area contributed by atoms with Crippen molar-refractivity contribution in [1.29, 1.82) is 0 Å². The first-order chi connectivity index (χ1) is 10.5. The van der Waals surface area contributed by atoms with Crippen molar-refractivity contribution in [3.63, 3.8) is 0 Å². The molecule has 0 aliphatic heterocycles. The fraction of sp³-hybridized carbons (Fsp3) is 0.857. The van der Waals surface area contributed by atoms with Crippen molar-refractivity contribution < 1.29 is 4.79 Å². The predicted octanol–water partition coefficient (Wildman–Crippen LogP) is 5.79. The summed E-state index contributed by atoms with van der Waals surface area (Å²) in [7, 11) is 0. The van der Waals surface area contributed by atoms with E-state index >= 15 is 0 Å². The van der Waals surface area contributed by atoms with Gasteiger partial charge < -0.3 is 0 Å². The van der Waals surface area contributed by atoms with Crippen molar-refractivity contribution >= 4 is 6.29 Å². The third kappa shape index (κ3) is 2.22. The van der Waals surface area contributed by atoms with Gasteiger partial charge in [0.2, 0.25) is 0 Å². The zero-order chi connectivity index (χ0) is 16.0. The van der Waals surface area contributed by atoms with Gasteiger partial charge in [-0.05, 0) is 85.5 Å². The summed E-state index contributed by atoms with van der Waals surface area (Å²) < 4.78 is 0. The van der Waals surface area contributed by atoms with E-state index in [0.29, 0.717) is 5.41 Å². The first-order valence-electron chi connectivity index (χ1n) is 9.62. The first-order valence-corrected chi connectivity index (χ1v) is 9.62. The zero-order valence-corrected chi connectivity index (χ0v) is 15.0. The van der Waals surface area contributed by atoms with E-state index in [0.717, 1.165) is 36.4 Å². The van der Waals surface area contributed by atoms with Gasteiger partial charge in [0.15, 0.2) is 0 Å². The number of hydrogen-bond acceptors (Lipinski definition) is 1. The third-order valence-electron chi connectivity index (χ3n) is 8.25. The molecule has 3 fully saturated rings. The Balaban J connectivity index is 1.94. The van der Waals surface area contributed by atoms with Crippen molar-refractivity contribution in [3.05, 3.63) is 11.6 Å². The van der Waals surface area contributed by atoms with Crippen LogP contribution in [-0.4, -0.2) is 6.29 Å². The van der Waals surface area contributed by atoms with Crippen LogP contribution in [0.5, 0.6) is 0 Å². The maximum absolute atomic E-state index is 11.1. The molecule has 0 aromatic rings. The van der Waals surface area contributed by atoms with E-state index in [1.807, 2.05) is 6.08 Å². The van der Waals surface area contributed by atoms with Gasteiger partial charge in [0.1, 0.15) is 6.29 Å². The number of hydrogen-bond donors (Lipinski definition) is 0. The van der Waals surface area contributed by atoms with E-state index in [4.69, 9.17) is 0 Å². The highest BCUT2D eigenvalue weighted by molar-refractivity contribution is 5.66. The lowest BCUT2D eigenvalue weighted by Crippen LogP contribution is -2.49. The number of aldehydes is 1. The largest absolute Gasteiger partial charge is 0.299 e. The second-order valence-electron chi connectivity index (χ2n) is 8.93. The molecule has 0 heterocycles. The summed E-state index contributed by atoms with van der Waals surface area (Å²) >= 11 is 0. The number of allylic oxidation sites excluding steroid dienone is 2. The van der Waals surface area contributed by atoms with Crippen LogP contribution in [-0.2, 0) is 4.79 Å². The van der Waals surface area contributed by atoms with Crippen LogP contribution in [0.1, 0.15) is 79.1 Å². The molecule has 0 spiro atoms. The SMILES string of the molecule is CCCC1(C)/C(=C\C=O)CCC2C1CCC1(C)C(C)CCC21. The highest BCUT2D eigenvalue weighted by Crippen LogP contribution is 2.65.